The third-order valence-electron chi connectivity index (χ3n) is 6.02. The maximum Gasteiger partial charge on any atom is 0.340 e. The number of esters is 1. The summed E-state index contributed by atoms with van der Waals surface area (Å²) in [4.78, 5) is 12.9. The average Bonchev–Trinajstić information content (AvgIpc) is 3.11. The second-order valence-electron chi connectivity index (χ2n) is 7.91. The van der Waals surface area contributed by atoms with Gasteiger partial charge in [-0.15, -0.1) is 0 Å². The molecule has 32 heavy (non-hydrogen) atoms. The molecule has 0 amide bonds. The number of hydrogen-bond acceptors (Lipinski definition) is 4. The maximum absolute atomic E-state index is 12.9. The highest BCUT2D eigenvalue weighted by Crippen LogP contribution is 2.56. The number of nitrogens with one attached hydrogen (secondary N) is 1. The Morgan fingerprint density at radius 1 is 0.781 bits per heavy atom. The number of carbonyl (C=O) groups excluding carboxylic acids is 1. The lowest BCUT2D eigenvalue weighted by Crippen LogP contribution is -2.33. The standard InChI is InChI=1S/C27H18ClNO3/c28-18-10-12-22-24(14-18)31-25-15-19(29-16-17-6-2-1-3-7-17)11-13-23(25)27(22)21-9-5-4-8-20(21)26(30)32-27/h1-15,29H,16H2/t27-/m0/s1. The van der Waals surface area contributed by atoms with Crippen LogP contribution in [0.15, 0.2) is 91.0 Å². The molecular weight excluding hydrogens is 422 g/mol. The van der Waals surface area contributed by atoms with Gasteiger partial charge in [-0.3, -0.25) is 0 Å². The van der Waals surface area contributed by atoms with Gasteiger partial charge in [0.05, 0.1) is 5.56 Å². The number of ether oxygens (including phenoxy) is 2. The Balaban J connectivity index is 1.49. The molecule has 6 rings (SSSR count). The van der Waals surface area contributed by atoms with Gasteiger partial charge in [-0.2, -0.15) is 0 Å². The summed E-state index contributed by atoms with van der Waals surface area (Å²) in [5.74, 6) is 0.859. The lowest BCUT2D eigenvalue weighted by atomic mass is 9.77. The van der Waals surface area contributed by atoms with Crippen LogP contribution in [0, 0.1) is 0 Å². The summed E-state index contributed by atoms with van der Waals surface area (Å²) in [6, 6.07) is 29.0. The van der Waals surface area contributed by atoms with Crippen molar-refractivity contribution in [3.05, 3.63) is 124 Å². The van der Waals surface area contributed by atoms with Gasteiger partial charge < -0.3 is 14.8 Å². The zero-order valence-electron chi connectivity index (χ0n) is 17.0. The van der Waals surface area contributed by atoms with E-state index in [4.69, 9.17) is 21.1 Å². The van der Waals surface area contributed by atoms with E-state index in [1.807, 2.05) is 60.7 Å². The van der Waals surface area contributed by atoms with E-state index in [2.05, 4.69) is 17.4 Å². The minimum atomic E-state index is -1.07. The molecule has 0 saturated carbocycles. The van der Waals surface area contributed by atoms with Crippen LogP contribution < -0.4 is 10.1 Å². The van der Waals surface area contributed by atoms with Crippen LogP contribution in [0.3, 0.4) is 0 Å². The van der Waals surface area contributed by atoms with E-state index in [1.165, 1.54) is 5.56 Å². The van der Waals surface area contributed by atoms with Crippen LogP contribution in [0.25, 0.3) is 0 Å². The molecule has 1 atom stereocenters. The minimum Gasteiger partial charge on any atom is -0.456 e. The number of fused-ring (bicyclic) bond motifs is 6. The zero-order valence-corrected chi connectivity index (χ0v) is 17.7. The van der Waals surface area contributed by atoms with Gasteiger partial charge in [0.25, 0.3) is 0 Å². The summed E-state index contributed by atoms with van der Waals surface area (Å²) in [5.41, 5.74) is 3.94. The molecule has 156 valence electrons. The predicted octanol–water partition coefficient (Wildman–Crippen LogP) is 6.52. The molecule has 1 spiro atoms. The number of benzene rings is 4. The van der Waals surface area contributed by atoms with Gasteiger partial charge in [0, 0.05) is 40.0 Å². The van der Waals surface area contributed by atoms with Gasteiger partial charge in [-0.1, -0.05) is 60.1 Å². The minimum absolute atomic E-state index is 0.347. The first kappa shape index (κ1) is 19.0. The van der Waals surface area contributed by atoms with Crippen molar-refractivity contribution in [2.24, 2.45) is 0 Å². The summed E-state index contributed by atoms with van der Waals surface area (Å²) in [6.07, 6.45) is 0. The van der Waals surface area contributed by atoms with Crippen LogP contribution in [0.2, 0.25) is 5.02 Å². The number of carbonyl (C=O) groups is 1. The van der Waals surface area contributed by atoms with Gasteiger partial charge in [0.1, 0.15) is 11.5 Å². The highest BCUT2D eigenvalue weighted by Gasteiger charge is 2.53. The molecule has 4 aromatic carbocycles. The van der Waals surface area contributed by atoms with Gasteiger partial charge in [0.15, 0.2) is 5.60 Å². The Morgan fingerprint density at radius 3 is 2.34 bits per heavy atom. The van der Waals surface area contributed by atoms with E-state index in [0.717, 1.165) is 22.4 Å². The monoisotopic (exact) mass is 439 g/mol. The van der Waals surface area contributed by atoms with Crippen molar-refractivity contribution in [1.29, 1.82) is 0 Å². The van der Waals surface area contributed by atoms with Crippen LogP contribution >= 0.6 is 11.6 Å². The number of hydrogen-bond donors (Lipinski definition) is 1. The van der Waals surface area contributed by atoms with Crippen molar-refractivity contribution in [1.82, 2.24) is 0 Å². The van der Waals surface area contributed by atoms with Gasteiger partial charge >= 0.3 is 5.97 Å². The van der Waals surface area contributed by atoms with E-state index >= 15 is 0 Å². The molecule has 2 aliphatic rings. The second-order valence-corrected chi connectivity index (χ2v) is 8.35. The van der Waals surface area contributed by atoms with Crippen molar-refractivity contribution in [3.8, 4) is 11.5 Å². The smallest absolute Gasteiger partial charge is 0.340 e. The molecule has 0 unspecified atom stereocenters. The molecule has 2 aliphatic heterocycles. The van der Waals surface area contributed by atoms with Crippen LogP contribution in [-0.4, -0.2) is 5.97 Å². The van der Waals surface area contributed by atoms with Crippen molar-refractivity contribution >= 4 is 23.3 Å². The summed E-state index contributed by atoms with van der Waals surface area (Å²) >= 11 is 6.28. The number of halogens is 1. The average molecular weight is 440 g/mol. The maximum atomic E-state index is 12.9. The summed E-state index contributed by atoms with van der Waals surface area (Å²) in [6.45, 7) is 0.686. The fourth-order valence-corrected chi connectivity index (χ4v) is 4.72. The van der Waals surface area contributed by atoms with Crippen LogP contribution in [0.1, 0.15) is 32.6 Å². The first-order valence-corrected chi connectivity index (χ1v) is 10.8. The van der Waals surface area contributed by atoms with E-state index in [-0.39, 0.29) is 5.97 Å². The Labute approximate surface area is 190 Å². The molecule has 5 heteroatoms. The molecular formula is C27H18ClNO3. The van der Waals surface area contributed by atoms with E-state index in [0.29, 0.717) is 28.6 Å². The Kier molecular flexibility index (Phi) is 4.23. The first-order chi connectivity index (χ1) is 15.6. The van der Waals surface area contributed by atoms with Gasteiger partial charge in [-0.25, -0.2) is 4.79 Å². The largest absolute Gasteiger partial charge is 0.456 e. The Morgan fingerprint density at radius 2 is 1.50 bits per heavy atom. The molecule has 0 saturated heterocycles. The van der Waals surface area contributed by atoms with Crippen molar-refractivity contribution in [3.63, 3.8) is 0 Å². The van der Waals surface area contributed by atoms with Crippen LogP contribution in [0.5, 0.6) is 11.5 Å². The van der Waals surface area contributed by atoms with Crippen LogP contribution in [-0.2, 0) is 16.9 Å². The number of anilines is 1. The lowest BCUT2D eigenvalue weighted by Gasteiger charge is -2.36. The summed E-state index contributed by atoms with van der Waals surface area (Å²) in [5, 5.41) is 3.99. The summed E-state index contributed by atoms with van der Waals surface area (Å²) < 4.78 is 12.4. The van der Waals surface area contributed by atoms with Crippen molar-refractivity contribution in [2.75, 3.05) is 5.32 Å². The predicted molar refractivity (Wildman–Crippen MR) is 123 cm³/mol. The van der Waals surface area contributed by atoms with E-state index in [1.54, 1.807) is 18.2 Å². The second kappa shape index (κ2) is 7.14. The molecule has 0 radical (unpaired) electrons. The molecule has 2 heterocycles. The van der Waals surface area contributed by atoms with Crippen molar-refractivity contribution in [2.45, 2.75) is 12.1 Å². The zero-order chi connectivity index (χ0) is 21.7. The van der Waals surface area contributed by atoms with Gasteiger partial charge in [-0.05, 0) is 42.0 Å². The normalized spacial score (nSPS) is 17.7. The Hall–Kier alpha value is -3.76. The molecule has 0 bridgehead atoms. The number of rotatable bonds is 3. The molecule has 4 nitrogen and oxygen atoms in total. The SMILES string of the molecule is O=C1O[C@]2(c3ccc(Cl)cc3Oc3cc(NCc4ccccc4)ccc32)c2ccccc21. The third kappa shape index (κ3) is 2.80. The Bertz CT molecular complexity index is 1370. The quantitative estimate of drug-likeness (QED) is 0.369. The van der Waals surface area contributed by atoms with Crippen molar-refractivity contribution < 1.29 is 14.3 Å². The molecule has 4 aromatic rings. The summed E-state index contributed by atoms with van der Waals surface area (Å²) in [7, 11) is 0. The third-order valence-corrected chi connectivity index (χ3v) is 6.25. The van der Waals surface area contributed by atoms with Gasteiger partial charge in [0.2, 0.25) is 0 Å². The molecule has 0 aromatic heterocycles. The topological polar surface area (TPSA) is 47.6 Å². The fourth-order valence-electron chi connectivity index (χ4n) is 4.56. The fraction of sp³-hybridized carbons (Fsp3) is 0.0741. The van der Waals surface area contributed by atoms with Crippen LogP contribution in [0.4, 0.5) is 5.69 Å². The highest BCUT2D eigenvalue weighted by atomic mass is 35.5. The van der Waals surface area contributed by atoms with E-state index in [9.17, 15) is 4.79 Å². The molecule has 0 aliphatic carbocycles. The molecule has 1 N–H and O–H groups in total. The first-order valence-electron chi connectivity index (χ1n) is 10.4. The highest BCUT2D eigenvalue weighted by molar-refractivity contribution is 6.30. The lowest BCUT2D eigenvalue weighted by molar-refractivity contribution is 0.0224. The van der Waals surface area contributed by atoms with E-state index < -0.39 is 5.60 Å². The molecule has 0 fully saturated rings.